The maximum atomic E-state index is 11.2. The number of piperidine rings is 1. The predicted octanol–water partition coefficient (Wildman–Crippen LogP) is -0.106. The topological polar surface area (TPSA) is 50.4 Å². The molecule has 1 saturated heterocycles. The molecule has 1 aliphatic rings. The van der Waals surface area contributed by atoms with E-state index in [-0.39, 0.29) is 24.7 Å². The van der Waals surface area contributed by atoms with Gasteiger partial charge in [-0.15, -0.1) is 6.42 Å². The van der Waals surface area contributed by atoms with Gasteiger partial charge in [0, 0.05) is 6.54 Å². The summed E-state index contributed by atoms with van der Waals surface area (Å²) in [7, 11) is 0. The van der Waals surface area contributed by atoms with Gasteiger partial charge in [-0.2, -0.15) is 0 Å². The Morgan fingerprint density at radius 3 is 3.13 bits per heavy atom. The highest BCUT2D eigenvalue weighted by Crippen LogP contribution is 2.19. The fourth-order valence-electron chi connectivity index (χ4n) is 1.59. The van der Waals surface area contributed by atoms with Crippen molar-refractivity contribution in [2.24, 2.45) is 0 Å². The Morgan fingerprint density at radius 2 is 2.53 bits per heavy atom. The average molecular weight is 210 g/mol. The van der Waals surface area contributed by atoms with Crippen LogP contribution in [0.2, 0.25) is 0 Å². The molecule has 0 radical (unpaired) electrons. The van der Waals surface area contributed by atoms with E-state index in [4.69, 9.17) is 11.2 Å². The monoisotopic (exact) mass is 210 g/mol. The zero-order chi connectivity index (χ0) is 11.1. The second-order valence-corrected chi connectivity index (χ2v) is 4.00. The molecule has 84 valence electrons. The van der Waals surface area contributed by atoms with Crippen molar-refractivity contribution in [3.8, 4) is 12.3 Å². The molecular formula is C11H18N2O2. The summed E-state index contributed by atoms with van der Waals surface area (Å²) in [4.78, 5) is 11.2. The van der Waals surface area contributed by atoms with Gasteiger partial charge in [0.05, 0.1) is 12.1 Å². The summed E-state index contributed by atoms with van der Waals surface area (Å²) in [5.41, 5.74) is -0.217. The molecule has 0 aliphatic carbocycles. The van der Waals surface area contributed by atoms with Gasteiger partial charge in [-0.1, -0.05) is 5.92 Å². The molecule has 4 heteroatoms. The lowest BCUT2D eigenvalue weighted by Gasteiger charge is -2.33. The lowest BCUT2D eigenvalue weighted by Crippen LogP contribution is -2.47. The minimum Gasteiger partial charge on any atom is -0.364 e. The lowest BCUT2D eigenvalue weighted by molar-refractivity contribution is -0.133. The lowest BCUT2D eigenvalue weighted by atomic mass is 9.96. The largest absolute Gasteiger partial charge is 0.364 e. The first kappa shape index (κ1) is 12.0. The van der Waals surface area contributed by atoms with E-state index in [0.717, 1.165) is 25.9 Å². The number of nitrogens with one attached hydrogen (secondary N) is 2. The summed E-state index contributed by atoms with van der Waals surface area (Å²) in [6.07, 6.45) is 7.10. The van der Waals surface area contributed by atoms with Crippen molar-refractivity contribution in [1.29, 1.82) is 0 Å². The van der Waals surface area contributed by atoms with Crippen LogP contribution in [0.1, 0.15) is 19.8 Å². The van der Waals surface area contributed by atoms with Crippen LogP contribution in [0.25, 0.3) is 0 Å². The summed E-state index contributed by atoms with van der Waals surface area (Å²) in [5.74, 6) is 2.19. The fraction of sp³-hybridized carbons (Fsp3) is 0.727. The van der Waals surface area contributed by atoms with E-state index in [0.29, 0.717) is 0 Å². The molecule has 0 aromatic heterocycles. The number of ether oxygens (including phenoxy) is 1. The molecule has 1 heterocycles. The van der Waals surface area contributed by atoms with Crippen LogP contribution in [0.4, 0.5) is 0 Å². The van der Waals surface area contributed by atoms with Crippen molar-refractivity contribution < 1.29 is 9.53 Å². The van der Waals surface area contributed by atoms with Crippen molar-refractivity contribution in [1.82, 2.24) is 10.6 Å². The van der Waals surface area contributed by atoms with E-state index >= 15 is 0 Å². The molecule has 0 aromatic rings. The van der Waals surface area contributed by atoms with Crippen LogP contribution in [-0.2, 0) is 9.53 Å². The molecule has 1 atom stereocenters. The van der Waals surface area contributed by atoms with E-state index in [9.17, 15) is 4.79 Å². The minimum atomic E-state index is -0.217. The molecule has 1 fully saturated rings. The quantitative estimate of drug-likeness (QED) is 0.637. The van der Waals surface area contributed by atoms with Gasteiger partial charge in [0.2, 0.25) is 5.91 Å². The van der Waals surface area contributed by atoms with Crippen LogP contribution in [0.3, 0.4) is 0 Å². The molecular weight excluding hydrogens is 192 g/mol. The van der Waals surface area contributed by atoms with Gasteiger partial charge in [-0.25, -0.2) is 0 Å². The van der Waals surface area contributed by atoms with Crippen molar-refractivity contribution in [3.05, 3.63) is 0 Å². The van der Waals surface area contributed by atoms with Crippen LogP contribution >= 0.6 is 0 Å². The zero-order valence-corrected chi connectivity index (χ0v) is 9.14. The standard InChI is InChI=1S/C11H18N2O2/c1-3-6-13-10(14)8-15-11(2)5-4-7-12-9-11/h1,12H,4-9H2,2H3,(H,13,14). The van der Waals surface area contributed by atoms with Crippen molar-refractivity contribution in [2.75, 3.05) is 26.2 Å². The highest BCUT2D eigenvalue weighted by molar-refractivity contribution is 5.77. The van der Waals surface area contributed by atoms with E-state index in [1.165, 1.54) is 0 Å². The summed E-state index contributed by atoms with van der Waals surface area (Å²) in [5, 5.41) is 5.82. The zero-order valence-electron chi connectivity index (χ0n) is 9.14. The maximum Gasteiger partial charge on any atom is 0.246 e. The summed E-state index contributed by atoms with van der Waals surface area (Å²) in [6.45, 7) is 4.20. The second kappa shape index (κ2) is 5.74. The van der Waals surface area contributed by atoms with Gasteiger partial charge in [-0.3, -0.25) is 4.79 Å². The van der Waals surface area contributed by atoms with Crippen LogP contribution in [0.15, 0.2) is 0 Å². The van der Waals surface area contributed by atoms with Gasteiger partial charge in [-0.05, 0) is 26.3 Å². The van der Waals surface area contributed by atoms with Gasteiger partial charge in [0.25, 0.3) is 0 Å². The number of carbonyl (C=O) groups is 1. The number of terminal acetylenes is 1. The second-order valence-electron chi connectivity index (χ2n) is 4.00. The van der Waals surface area contributed by atoms with Gasteiger partial charge in [0.1, 0.15) is 6.61 Å². The van der Waals surface area contributed by atoms with E-state index in [1.807, 2.05) is 6.92 Å². The third-order valence-electron chi connectivity index (χ3n) is 2.50. The first-order valence-corrected chi connectivity index (χ1v) is 5.21. The van der Waals surface area contributed by atoms with Gasteiger partial charge in [0.15, 0.2) is 0 Å². The van der Waals surface area contributed by atoms with Crippen molar-refractivity contribution >= 4 is 5.91 Å². The molecule has 1 amide bonds. The molecule has 1 rings (SSSR count). The Hall–Kier alpha value is -1.05. The number of carbonyl (C=O) groups excluding carboxylic acids is 1. The average Bonchev–Trinajstić information content (AvgIpc) is 2.25. The summed E-state index contributed by atoms with van der Waals surface area (Å²) in [6, 6.07) is 0. The first-order valence-electron chi connectivity index (χ1n) is 5.21. The highest BCUT2D eigenvalue weighted by Gasteiger charge is 2.27. The highest BCUT2D eigenvalue weighted by atomic mass is 16.5. The predicted molar refractivity (Wildman–Crippen MR) is 58.3 cm³/mol. The molecule has 4 nitrogen and oxygen atoms in total. The number of amides is 1. The number of hydrogen-bond donors (Lipinski definition) is 2. The molecule has 0 bridgehead atoms. The Morgan fingerprint density at radius 1 is 1.73 bits per heavy atom. The fourth-order valence-corrected chi connectivity index (χ4v) is 1.59. The summed E-state index contributed by atoms with van der Waals surface area (Å²) >= 11 is 0. The molecule has 1 unspecified atom stereocenters. The minimum absolute atomic E-state index is 0.0832. The maximum absolute atomic E-state index is 11.2. The molecule has 0 saturated carbocycles. The first-order chi connectivity index (χ1) is 7.16. The Balaban J connectivity index is 2.23. The van der Waals surface area contributed by atoms with E-state index in [1.54, 1.807) is 0 Å². The van der Waals surface area contributed by atoms with Gasteiger partial charge < -0.3 is 15.4 Å². The van der Waals surface area contributed by atoms with Gasteiger partial charge >= 0.3 is 0 Å². The van der Waals surface area contributed by atoms with Crippen LogP contribution in [-0.4, -0.2) is 37.7 Å². The van der Waals surface area contributed by atoms with Crippen LogP contribution < -0.4 is 10.6 Å². The molecule has 0 spiro atoms. The molecule has 0 aromatic carbocycles. The molecule has 2 N–H and O–H groups in total. The van der Waals surface area contributed by atoms with Crippen LogP contribution in [0.5, 0.6) is 0 Å². The summed E-state index contributed by atoms with van der Waals surface area (Å²) < 4.78 is 5.59. The number of rotatable bonds is 4. The van der Waals surface area contributed by atoms with Crippen molar-refractivity contribution in [3.63, 3.8) is 0 Å². The third kappa shape index (κ3) is 4.32. The Labute approximate surface area is 90.8 Å². The van der Waals surface area contributed by atoms with E-state index < -0.39 is 0 Å². The Bertz CT molecular complexity index is 252. The Kier molecular flexibility index (Phi) is 4.60. The normalized spacial score (nSPS) is 25.6. The smallest absolute Gasteiger partial charge is 0.246 e. The molecule has 15 heavy (non-hydrogen) atoms. The SMILES string of the molecule is C#CCNC(=O)COC1(C)CCCNC1. The third-order valence-corrected chi connectivity index (χ3v) is 2.50. The van der Waals surface area contributed by atoms with E-state index in [2.05, 4.69) is 16.6 Å². The van der Waals surface area contributed by atoms with Crippen LogP contribution in [0, 0.1) is 12.3 Å². The molecule has 1 aliphatic heterocycles. The van der Waals surface area contributed by atoms with Crippen molar-refractivity contribution in [2.45, 2.75) is 25.4 Å². The number of hydrogen-bond acceptors (Lipinski definition) is 3.